The topological polar surface area (TPSA) is 115 Å². The zero-order valence-corrected chi connectivity index (χ0v) is 16.3. The number of carbonyl (C=O) groups is 2. The molecule has 3 rings (SSSR count). The number of hydrogen-bond donors (Lipinski definition) is 2. The molecular formula is C18H20N6O3S. The van der Waals surface area contributed by atoms with Crippen LogP contribution in [0.3, 0.4) is 0 Å². The highest BCUT2D eigenvalue weighted by molar-refractivity contribution is 8.01. The van der Waals surface area contributed by atoms with Crippen LogP contribution in [0.1, 0.15) is 18.2 Å². The Morgan fingerprint density at radius 2 is 2.04 bits per heavy atom. The average Bonchev–Trinajstić information content (AvgIpc) is 3.29. The summed E-state index contributed by atoms with van der Waals surface area (Å²) in [5.74, 6) is 0.758. The predicted octanol–water partition coefficient (Wildman–Crippen LogP) is 2.32. The molecule has 28 heavy (non-hydrogen) atoms. The number of nitrogens with zero attached hydrogens (tertiary/aromatic N) is 4. The lowest BCUT2D eigenvalue weighted by Crippen LogP contribution is -2.25. The van der Waals surface area contributed by atoms with Crippen LogP contribution in [-0.2, 0) is 16.1 Å². The monoisotopic (exact) mass is 400 g/mol. The van der Waals surface area contributed by atoms with Gasteiger partial charge in [-0.25, -0.2) is 9.67 Å². The SMILES string of the molecule is Cc1cc(NC(=O)C(C)SCC(=O)Nc2ncn(Cc3ccccc3)n2)no1. The van der Waals surface area contributed by atoms with E-state index in [2.05, 4.69) is 25.9 Å². The summed E-state index contributed by atoms with van der Waals surface area (Å²) in [5.41, 5.74) is 1.09. The van der Waals surface area contributed by atoms with E-state index in [-0.39, 0.29) is 23.5 Å². The number of thioether (sulfide) groups is 1. The largest absolute Gasteiger partial charge is 0.360 e. The van der Waals surface area contributed by atoms with E-state index in [1.165, 1.54) is 11.8 Å². The van der Waals surface area contributed by atoms with Crippen molar-refractivity contribution in [1.29, 1.82) is 0 Å². The van der Waals surface area contributed by atoms with Crippen molar-refractivity contribution in [3.8, 4) is 0 Å². The first kappa shape index (κ1) is 19.6. The molecule has 2 heterocycles. The fourth-order valence-corrected chi connectivity index (χ4v) is 2.97. The number of amides is 2. The molecule has 0 saturated carbocycles. The Kier molecular flexibility index (Phi) is 6.43. The molecule has 10 heteroatoms. The van der Waals surface area contributed by atoms with Crippen molar-refractivity contribution in [2.45, 2.75) is 25.6 Å². The molecule has 0 fully saturated rings. The van der Waals surface area contributed by atoms with Gasteiger partial charge in [-0.1, -0.05) is 35.5 Å². The molecular weight excluding hydrogens is 380 g/mol. The zero-order chi connectivity index (χ0) is 19.9. The smallest absolute Gasteiger partial charge is 0.248 e. The van der Waals surface area contributed by atoms with E-state index in [4.69, 9.17) is 4.52 Å². The summed E-state index contributed by atoms with van der Waals surface area (Å²) >= 11 is 1.20. The number of hydrogen-bond acceptors (Lipinski definition) is 7. The van der Waals surface area contributed by atoms with E-state index >= 15 is 0 Å². The van der Waals surface area contributed by atoms with Gasteiger partial charge in [0.05, 0.1) is 17.5 Å². The summed E-state index contributed by atoms with van der Waals surface area (Å²) in [6, 6.07) is 11.5. The van der Waals surface area contributed by atoms with Crippen LogP contribution in [0, 0.1) is 6.92 Å². The summed E-state index contributed by atoms with van der Waals surface area (Å²) in [4.78, 5) is 28.3. The number of benzene rings is 1. The van der Waals surface area contributed by atoms with Gasteiger partial charge in [-0.15, -0.1) is 16.9 Å². The van der Waals surface area contributed by atoms with Crippen LogP contribution in [-0.4, -0.2) is 42.7 Å². The summed E-state index contributed by atoms with van der Waals surface area (Å²) in [6.45, 7) is 4.02. The quantitative estimate of drug-likeness (QED) is 0.596. The third-order valence-electron chi connectivity index (χ3n) is 3.69. The second-order valence-electron chi connectivity index (χ2n) is 6.06. The number of aryl methyl sites for hydroxylation is 1. The minimum Gasteiger partial charge on any atom is -0.360 e. The second-order valence-corrected chi connectivity index (χ2v) is 7.39. The van der Waals surface area contributed by atoms with E-state index in [0.29, 0.717) is 18.1 Å². The molecule has 0 aliphatic carbocycles. The molecule has 0 aliphatic rings. The third-order valence-corrected chi connectivity index (χ3v) is 4.83. The highest BCUT2D eigenvalue weighted by Gasteiger charge is 2.17. The predicted molar refractivity (Wildman–Crippen MR) is 106 cm³/mol. The van der Waals surface area contributed by atoms with Crippen molar-refractivity contribution >= 4 is 35.3 Å². The van der Waals surface area contributed by atoms with Crippen molar-refractivity contribution in [1.82, 2.24) is 19.9 Å². The first-order valence-corrected chi connectivity index (χ1v) is 9.63. The molecule has 0 bridgehead atoms. The number of carbonyl (C=O) groups excluding carboxylic acids is 2. The van der Waals surface area contributed by atoms with Crippen LogP contribution in [0.4, 0.5) is 11.8 Å². The normalized spacial score (nSPS) is 11.8. The van der Waals surface area contributed by atoms with Crippen LogP contribution in [0.2, 0.25) is 0 Å². The van der Waals surface area contributed by atoms with Gasteiger partial charge in [0.15, 0.2) is 5.82 Å². The van der Waals surface area contributed by atoms with E-state index in [0.717, 1.165) is 5.56 Å². The number of anilines is 2. The molecule has 146 valence electrons. The molecule has 2 aromatic heterocycles. The Labute approximate surface area is 165 Å². The van der Waals surface area contributed by atoms with E-state index < -0.39 is 5.25 Å². The van der Waals surface area contributed by atoms with Crippen molar-refractivity contribution in [3.05, 3.63) is 54.0 Å². The molecule has 1 atom stereocenters. The Hall–Kier alpha value is -3.14. The second kappa shape index (κ2) is 9.18. The Morgan fingerprint density at radius 3 is 2.75 bits per heavy atom. The van der Waals surface area contributed by atoms with Gasteiger partial charge < -0.3 is 9.84 Å². The molecule has 2 N–H and O–H groups in total. The van der Waals surface area contributed by atoms with Crippen molar-refractivity contribution < 1.29 is 14.1 Å². The molecule has 1 unspecified atom stereocenters. The van der Waals surface area contributed by atoms with Gasteiger partial charge in [-0.2, -0.15) is 0 Å². The molecule has 2 amide bonds. The summed E-state index contributed by atoms with van der Waals surface area (Å²) in [7, 11) is 0. The Morgan fingerprint density at radius 1 is 1.25 bits per heavy atom. The van der Waals surface area contributed by atoms with E-state index in [1.54, 1.807) is 30.9 Å². The first-order chi connectivity index (χ1) is 13.5. The summed E-state index contributed by atoms with van der Waals surface area (Å²) < 4.78 is 6.54. The van der Waals surface area contributed by atoms with Gasteiger partial charge in [0.25, 0.3) is 0 Å². The fraction of sp³-hybridized carbons (Fsp3) is 0.278. The zero-order valence-electron chi connectivity index (χ0n) is 15.5. The maximum atomic E-state index is 12.1. The lowest BCUT2D eigenvalue weighted by Gasteiger charge is -2.09. The Balaban J connectivity index is 1.43. The maximum absolute atomic E-state index is 12.1. The van der Waals surface area contributed by atoms with Crippen molar-refractivity contribution in [2.24, 2.45) is 0 Å². The van der Waals surface area contributed by atoms with Gasteiger partial charge >= 0.3 is 0 Å². The molecule has 0 aliphatic heterocycles. The van der Waals surface area contributed by atoms with Crippen LogP contribution in [0.5, 0.6) is 0 Å². The van der Waals surface area contributed by atoms with Crippen molar-refractivity contribution in [2.75, 3.05) is 16.4 Å². The minimum absolute atomic E-state index is 0.0969. The van der Waals surface area contributed by atoms with Gasteiger partial charge in [0.2, 0.25) is 17.8 Å². The minimum atomic E-state index is -0.439. The standard InChI is InChI=1S/C18H20N6O3S/c1-12-8-15(23-27-12)20-17(26)13(2)28-10-16(25)21-18-19-11-24(22-18)9-14-6-4-3-5-7-14/h3-8,11,13H,9-10H2,1-2H3,(H,20,23,26)(H,21,22,25). The fourth-order valence-electron chi connectivity index (χ4n) is 2.29. The van der Waals surface area contributed by atoms with Crippen LogP contribution in [0.25, 0.3) is 0 Å². The van der Waals surface area contributed by atoms with Crippen LogP contribution < -0.4 is 10.6 Å². The highest BCUT2D eigenvalue weighted by atomic mass is 32.2. The number of rotatable bonds is 8. The summed E-state index contributed by atoms with van der Waals surface area (Å²) in [5, 5.41) is 12.8. The van der Waals surface area contributed by atoms with Crippen molar-refractivity contribution in [3.63, 3.8) is 0 Å². The number of aromatic nitrogens is 4. The Bertz CT molecular complexity index is 940. The molecule has 1 aromatic carbocycles. The van der Waals surface area contributed by atoms with Gasteiger partial charge in [-0.3, -0.25) is 14.9 Å². The van der Waals surface area contributed by atoms with E-state index in [1.807, 2.05) is 30.3 Å². The first-order valence-electron chi connectivity index (χ1n) is 8.58. The van der Waals surface area contributed by atoms with Gasteiger partial charge in [0, 0.05) is 6.07 Å². The molecule has 0 saturated heterocycles. The lowest BCUT2D eigenvalue weighted by molar-refractivity contribution is -0.115. The molecule has 3 aromatic rings. The molecule has 9 nitrogen and oxygen atoms in total. The third kappa shape index (κ3) is 5.68. The number of nitrogens with one attached hydrogen (secondary N) is 2. The maximum Gasteiger partial charge on any atom is 0.248 e. The highest BCUT2D eigenvalue weighted by Crippen LogP contribution is 2.14. The van der Waals surface area contributed by atoms with Gasteiger partial charge in [0.1, 0.15) is 12.1 Å². The average molecular weight is 400 g/mol. The van der Waals surface area contributed by atoms with Crippen LogP contribution in [0.15, 0.2) is 47.2 Å². The molecule has 0 radical (unpaired) electrons. The molecule has 0 spiro atoms. The summed E-state index contributed by atoms with van der Waals surface area (Å²) in [6.07, 6.45) is 1.56. The van der Waals surface area contributed by atoms with Gasteiger partial charge in [-0.05, 0) is 19.4 Å². The lowest BCUT2D eigenvalue weighted by atomic mass is 10.2. The van der Waals surface area contributed by atoms with E-state index in [9.17, 15) is 9.59 Å². The van der Waals surface area contributed by atoms with Crippen LogP contribution >= 0.6 is 11.8 Å².